The van der Waals surface area contributed by atoms with E-state index in [1.54, 1.807) is 12.1 Å². The molecule has 2 atom stereocenters. The van der Waals surface area contributed by atoms with Gasteiger partial charge in [-0.05, 0) is 44.7 Å². The number of hydrogen-bond acceptors (Lipinski definition) is 4. The molecule has 0 spiro atoms. The summed E-state index contributed by atoms with van der Waals surface area (Å²) >= 11 is 0. The monoisotopic (exact) mass is 277 g/mol. The van der Waals surface area contributed by atoms with Crippen molar-refractivity contribution in [1.29, 1.82) is 5.41 Å². The van der Waals surface area contributed by atoms with Crippen molar-refractivity contribution in [3.63, 3.8) is 0 Å². The molecule has 20 heavy (non-hydrogen) atoms. The Bertz CT molecular complexity index is 447. The quantitative estimate of drug-likeness (QED) is 0.610. The SMILES string of the molecule is CC1OCCC1N(C)CCOc1ccc(C(=N)N)cc1. The number of ether oxygens (including phenoxy) is 2. The van der Waals surface area contributed by atoms with Crippen molar-refractivity contribution in [2.75, 3.05) is 26.8 Å². The second kappa shape index (κ2) is 6.72. The number of benzene rings is 1. The van der Waals surface area contributed by atoms with Gasteiger partial charge in [0.2, 0.25) is 0 Å². The molecule has 1 aliphatic heterocycles. The molecule has 0 radical (unpaired) electrons. The van der Waals surface area contributed by atoms with Crippen molar-refractivity contribution in [3.05, 3.63) is 29.8 Å². The van der Waals surface area contributed by atoms with Gasteiger partial charge >= 0.3 is 0 Å². The first-order valence-corrected chi connectivity index (χ1v) is 6.97. The van der Waals surface area contributed by atoms with E-state index in [1.807, 2.05) is 12.1 Å². The minimum absolute atomic E-state index is 0.0755. The fourth-order valence-electron chi connectivity index (χ4n) is 2.50. The Hall–Kier alpha value is -1.59. The first-order valence-electron chi connectivity index (χ1n) is 6.97. The lowest BCUT2D eigenvalue weighted by Crippen LogP contribution is -2.39. The average molecular weight is 277 g/mol. The van der Waals surface area contributed by atoms with Crippen molar-refractivity contribution < 1.29 is 9.47 Å². The van der Waals surface area contributed by atoms with Crippen molar-refractivity contribution in [2.24, 2.45) is 5.73 Å². The summed E-state index contributed by atoms with van der Waals surface area (Å²) in [6, 6.07) is 7.78. The Labute approximate surface area is 120 Å². The van der Waals surface area contributed by atoms with Crippen molar-refractivity contribution in [3.8, 4) is 5.75 Å². The smallest absolute Gasteiger partial charge is 0.122 e. The highest BCUT2D eigenvalue weighted by atomic mass is 16.5. The maximum Gasteiger partial charge on any atom is 0.122 e. The second-order valence-electron chi connectivity index (χ2n) is 5.20. The van der Waals surface area contributed by atoms with Gasteiger partial charge in [0.1, 0.15) is 18.2 Å². The van der Waals surface area contributed by atoms with Gasteiger partial charge in [0.25, 0.3) is 0 Å². The number of nitrogens with one attached hydrogen (secondary N) is 1. The van der Waals surface area contributed by atoms with Gasteiger partial charge in [0.05, 0.1) is 6.10 Å². The van der Waals surface area contributed by atoms with Crippen LogP contribution in [0.5, 0.6) is 5.75 Å². The van der Waals surface area contributed by atoms with Crippen LogP contribution < -0.4 is 10.5 Å². The highest BCUT2D eigenvalue weighted by Gasteiger charge is 2.27. The summed E-state index contributed by atoms with van der Waals surface area (Å²) in [6.07, 6.45) is 1.39. The summed E-state index contributed by atoms with van der Waals surface area (Å²) in [5.41, 5.74) is 6.12. The summed E-state index contributed by atoms with van der Waals surface area (Å²) < 4.78 is 11.3. The van der Waals surface area contributed by atoms with Crippen LogP contribution in [-0.2, 0) is 4.74 Å². The molecule has 0 amide bonds. The van der Waals surface area contributed by atoms with E-state index in [0.29, 0.717) is 24.3 Å². The van der Waals surface area contributed by atoms with E-state index in [0.717, 1.165) is 25.3 Å². The molecule has 0 aromatic heterocycles. The number of nitrogens with zero attached hydrogens (tertiary/aromatic N) is 1. The number of amidine groups is 1. The summed E-state index contributed by atoms with van der Waals surface area (Å²) in [7, 11) is 2.11. The van der Waals surface area contributed by atoms with Crippen LogP contribution in [0.1, 0.15) is 18.9 Å². The minimum atomic E-state index is 0.0755. The molecule has 1 aromatic carbocycles. The van der Waals surface area contributed by atoms with Crippen molar-refractivity contribution in [1.82, 2.24) is 4.90 Å². The molecule has 5 nitrogen and oxygen atoms in total. The van der Waals surface area contributed by atoms with Gasteiger partial charge in [-0.2, -0.15) is 0 Å². The number of likely N-dealkylation sites (N-methyl/N-ethyl adjacent to an activating group) is 1. The number of hydrogen-bond donors (Lipinski definition) is 2. The summed E-state index contributed by atoms with van der Waals surface area (Å²) in [5, 5.41) is 7.33. The molecule has 110 valence electrons. The normalized spacial score (nSPS) is 22.1. The highest BCUT2D eigenvalue weighted by molar-refractivity contribution is 5.94. The van der Waals surface area contributed by atoms with E-state index in [1.165, 1.54) is 0 Å². The van der Waals surface area contributed by atoms with E-state index in [9.17, 15) is 0 Å². The van der Waals surface area contributed by atoms with Crippen LogP contribution in [0.2, 0.25) is 0 Å². The molecule has 1 fully saturated rings. The molecule has 0 saturated carbocycles. The van der Waals surface area contributed by atoms with Gasteiger partial charge in [-0.1, -0.05) is 0 Å². The Kier molecular flexibility index (Phi) is 4.98. The van der Waals surface area contributed by atoms with Crippen LogP contribution >= 0.6 is 0 Å². The second-order valence-corrected chi connectivity index (χ2v) is 5.20. The maximum atomic E-state index is 7.33. The molecule has 1 aliphatic rings. The lowest BCUT2D eigenvalue weighted by Gasteiger charge is -2.26. The predicted molar refractivity (Wildman–Crippen MR) is 79.4 cm³/mol. The molecule has 1 aromatic rings. The molecule has 1 saturated heterocycles. The zero-order valence-corrected chi connectivity index (χ0v) is 12.1. The molecule has 0 bridgehead atoms. The molecule has 5 heteroatoms. The van der Waals surface area contributed by atoms with E-state index in [2.05, 4.69) is 18.9 Å². The standard InChI is InChI=1S/C15H23N3O2/c1-11-14(7-9-19-11)18(2)8-10-20-13-5-3-12(4-6-13)15(16)17/h3-6,11,14H,7-10H2,1-2H3,(H3,16,17). The average Bonchev–Trinajstić information content (AvgIpc) is 2.85. The fourth-order valence-corrected chi connectivity index (χ4v) is 2.50. The lowest BCUT2D eigenvalue weighted by atomic mass is 10.1. The molecule has 0 aliphatic carbocycles. The Morgan fingerprint density at radius 2 is 2.15 bits per heavy atom. The Balaban J connectivity index is 1.76. The van der Waals surface area contributed by atoms with Crippen LogP contribution in [-0.4, -0.2) is 49.7 Å². The number of nitrogen functional groups attached to an aromatic ring is 1. The van der Waals surface area contributed by atoms with Gasteiger partial charge in [-0.3, -0.25) is 10.3 Å². The van der Waals surface area contributed by atoms with Gasteiger partial charge in [0.15, 0.2) is 0 Å². The zero-order chi connectivity index (χ0) is 14.5. The predicted octanol–water partition coefficient (Wildman–Crippen LogP) is 1.46. The van der Waals surface area contributed by atoms with E-state index in [-0.39, 0.29) is 5.84 Å². The third-order valence-corrected chi connectivity index (χ3v) is 3.78. The third kappa shape index (κ3) is 3.71. The first-order chi connectivity index (χ1) is 9.58. The van der Waals surface area contributed by atoms with Crippen molar-refractivity contribution in [2.45, 2.75) is 25.5 Å². The molecular weight excluding hydrogens is 254 g/mol. The van der Waals surface area contributed by atoms with Crippen LogP contribution in [0, 0.1) is 5.41 Å². The lowest BCUT2D eigenvalue weighted by molar-refractivity contribution is 0.0787. The third-order valence-electron chi connectivity index (χ3n) is 3.78. The summed E-state index contributed by atoms with van der Waals surface area (Å²) in [5.74, 6) is 0.880. The van der Waals surface area contributed by atoms with Gasteiger partial charge < -0.3 is 15.2 Å². The zero-order valence-electron chi connectivity index (χ0n) is 12.1. The van der Waals surface area contributed by atoms with Crippen LogP contribution in [0.4, 0.5) is 0 Å². The maximum absolute atomic E-state index is 7.33. The molecule has 2 rings (SSSR count). The molecule has 1 heterocycles. The molecule has 2 unspecified atom stereocenters. The van der Waals surface area contributed by atoms with Gasteiger partial charge in [-0.15, -0.1) is 0 Å². The topological polar surface area (TPSA) is 71.6 Å². The van der Waals surface area contributed by atoms with E-state index < -0.39 is 0 Å². The Morgan fingerprint density at radius 3 is 2.70 bits per heavy atom. The van der Waals surface area contributed by atoms with Gasteiger partial charge in [-0.25, -0.2) is 0 Å². The van der Waals surface area contributed by atoms with Crippen molar-refractivity contribution >= 4 is 5.84 Å². The summed E-state index contributed by atoms with van der Waals surface area (Å²) in [4.78, 5) is 2.29. The van der Waals surface area contributed by atoms with E-state index >= 15 is 0 Å². The highest BCUT2D eigenvalue weighted by Crippen LogP contribution is 2.18. The first kappa shape index (κ1) is 14.8. The number of rotatable bonds is 6. The summed E-state index contributed by atoms with van der Waals surface area (Å²) in [6.45, 7) is 4.48. The number of nitrogens with two attached hydrogens (primary N) is 1. The van der Waals surface area contributed by atoms with Crippen LogP contribution in [0.25, 0.3) is 0 Å². The van der Waals surface area contributed by atoms with E-state index in [4.69, 9.17) is 20.6 Å². The van der Waals surface area contributed by atoms with Crippen LogP contribution in [0.3, 0.4) is 0 Å². The minimum Gasteiger partial charge on any atom is -0.492 e. The van der Waals surface area contributed by atoms with Gasteiger partial charge in [0, 0.05) is 24.8 Å². The fraction of sp³-hybridized carbons (Fsp3) is 0.533. The molecular formula is C15H23N3O2. The van der Waals surface area contributed by atoms with Crippen LogP contribution in [0.15, 0.2) is 24.3 Å². The Morgan fingerprint density at radius 1 is 1.45 bits per heavy atom. The largest absolute Gasteiger partial charge is 0.492 e. The molecule has 3 N–H and O–H groups in total.